The lowest BCUT2D eigenvalue weighted by atomic mass is 9.88. The summed E-state index contributed by atoms with van der Waals surface area (Å²) in [4.78, 5) is 17.1. The molecule has 2 aliphatic heterocycles. The van der Waals surface area contributed by atoms with Crippen molar-refractivity contribution in [3.63, 3.8) is 0 Å². The molecule has 138 valence electrons. The van der Waals surface area contributed by atoms with E-state index in [4.69, 9.17) is 5.26 Å². The van der Waals surface area contributed by atoms with E-state index in [2.05, 4.69) is 54.5 Å². The van der Waals surface area contributed by atoms with Crippen LogP contribution in [0.3, 0.4) is 0 Å². The van der Waals surface area contributed by atoms with Crippen molar-refractivity contribution >= 4 is 11.7 Å². The molecule has 2 amide bonds. The monoisotopic (exact) mass is 360 g/mol. The highest BCUT2D eigenvalue weighted by Gasteiger charge is 2.47. The summed E-state index contributed by atoms with van der Waals surface area (Å²) in [5.74, 6) is 0.967. The number of amides is 2. The number of aryl methyl sites for hydroxylation is 1. The smallest absolute Gasteiger partial charge is 0.321 e. The van der Waals surface area contributed by atoms with Crippen LogP contribution in [0.2, 0.25) is 0 Å². The highest BCUT2D eigenvalue weighted by molar-refractivity contribution is 5.89. The van der Waals surface area contributed by atoms with Crippen LogP contribution in [0.25, 0.3) is 0 Å². The number of nitrogens with zero attached hydrogens (tertiary/aromatic N) is 3. The minimum atomic E-state index is -0.0553. The molecule has 0 unspecified atom stereocenters. The number of nitrogens with one attached hydrogen (secondary N) is 1. The zero-order valence-corrected chi connectivity index (χ0v) is 15.7. The summed E-state index contributed by atoms with van der Waals surface area (Å²) >= 11 is 0. The van der Waals surface area contributed by atoms with Crippen LogP contribution in [0.4, 0.5) is 10.5 Å². The van der Waals surface area contributed by atoms with Gasteiger partial charge in [0.25, 0.3) is 0 Å². The Morgan fingerprint density at radius 2 is 1.85 bits per heavy atom. The first-order chi connectivity index (χ1) is 13.1. The molecule has 3 atom stereocenters. The third-order valence-corrected chi connectivity index (χ3v) is 5.95. The van der Waals surface area contributed by atoms with Gasteiger partial charge in [0.2, 0.25) is 0 Å². The average molecular weight is 360 g/mol. The molecule has 5 nitrogen and oxygen atoms in total. The first-order valence-electron chi connectivity index (χ1n) is 9.38. The number of nitriles is 1. The Hall–Kier alpha value is -2.84. The van der Waals surface area contributed by atoms with Crippen molar-refractivity contribution in [3.8, 4) is 6.07 Å². The molecule has 0 saturated carbocycles. The van der Waals surface area contributed by atoms with Crippen molar-refractivity contribution in [3.05, 3.63) is 65.2 Å². The van der Waals surface area contributed by atoms with Gasteiger partial charge < -0.3 is 10.2 Å². The molecule has 1 N–H and O–H groups in total. The molecular weight excluding hydrogens is 336 g/mol. The molecule has 27 heavy (non-hydrogen) atoms. The van der Waals surface area contributed by atoms with Crippen LogP contribution in [0, 0.1) is 30.1 Å². The van der Waals surface area contributed by atoms with Crippen molar-refractivity contribution < 1.29 is 4.79 Å². The highest BCUT2D eigenvalue weighted by atomic mass is 16.2. The Morgan fingerprint density at radius 1 is 1.11 bits per heavy atom. The maximum absolute atomic E-state index is 12.7. The van der Waals surface area contributed by atoms with Crippen LogP contribution in [0.1, 0.15) is 22.7 Å². The van der Waals surface area contributed by atoms with E-state index >= 15 is 0 Å². The Morgan fingerprint density at radius 3 is 2.56 bits per heavy atom. The fourth-order valence-corrected chi connectivity index (χ4v) is 4.64. The van der Waals surface area contributed by atoms with Gasteiger partial charge in [0.1, 0.15) is 0 Å². The molecule has 2 heterocycles. The molecule has 2 aromatic carbocycles. The molecule has 2 aromatic rings. The van der Waals surface area contributed by atoms with Gasteiger partial charge >= 0.3 is 6.03 Å². The number of benzene rings is 2. The summed E-state index contributed by atoms with van der Waals surface area (Å²) in [7, 11) is 2.19. The minimum absolute atomic E-state index is 0.0553. The normalized spacial score (nSPS) is 24.5. The van der Waals surface area contributed by atoms with Gasteiger partial charge in [-0.1, -0.05) is 24.3 Å². The SMILES string of the molecule is Cc1ccccc1[C@H]1[C@@H]2CN(C(=O)Nc3ccc(C#N)cc3)C[C@@H]2CN1C. The Bertz CT molecular complexity index is 886. The number of urea groups is 1. The van der Waals surface area contributed by atoms with E-state index in [1.165, 1.54) is 11.1 Å². The number of fused-ring (bicyclic) bond motifs is 1. The van der Waals surface area contributed by atoms with Crippen molar-refractivity contribution in [1.82, 2.24) is 9.80 Å². The van der Waals surface area contributed by atoms with Gasteiger partial charge in [-0.05, 0) is 55.3 Å². The molecule has 0 radical (unpaired) electrons. The Balaban J connectivity index is 1.47. The molecule has 4 rings (SSSR count). The summed E-state index contributed by atoms with van der Waals surface area (Å²) in [6, 6.07) is 18.0. The zero-order chi connectivity index (χ0) is 19.0. The number of anilines is 1. The van der Waals surface area contributed by atoms with E-state index in [0.29, 0.717) is 23.4 Å². The quantitative estimate of drug-likeness (QED) is 0.890. The van der Waals surface area contributed by atoms with Crippen LogP contribution < -0.4 is 5.32 Å². The number of carbonyl (C=O) groups is 1. The van der Waals surface area contributed by atoms with Crippen LogP contribution in [0.15, 0.2) is 48.5 Å². The van der Waals surface area contributed by atoms with Gasteiger partial charge in [-0.2, -0.15) is 5.26 Å². The van der Waals surface area contributed by atoms with Gasteiger partial charge in [0.15, 0.2) is 0 Å². The summed E-state index contributed by atoms with van der Waals surface area (Å²) < 4.78 is 0. The summed E-state index contributed by atoms with van der Waals surface area (Å²) in [6.45, 7) is 4.75. The predicted molar refractivity (Wildman–Crippen MR) is 105 cm³/mol. The van der Waals surface area contributed by atoms with Crippen LogP contribution in [0.5, 0.6) is 0 Å². The standard InChI is InChI=1S/C22H24N4O/c1-15-5-3-4-6-19(15)21-20-14-26(13-17(20)12-25(21)2)22(27)24-18-9-7-16(11-23)8-10-18/h3-10,17,20-21H,12-14H2,1-2H3,(H,24,27)/t17-,20+,21-/m0/s1. The maximum atomic E-state index is 12.7. The first kappa shape index (κ1) is 17.6. The van der Waals surface area contributed by atoms with Crippen LogP contribution in [-0.4, -0.2) is 42.5 Å². The van der Waals surface area contributed by atoms with E-state index in [1.54, 1.807) is 24.3 Å². The average Bonchev–Trinajstić information content (AvgIpc) is 3.20. The van der Waals surface area contributed by atoms with Gasteiger partial charge in [-0.25, -0.2) is 4.79 Å². The largest absolute Gasteiger partial charge is 0.324 e. The second-order valence-electron chi connectivity index (χ2n) is 7.69. The van der Waals surface area contributed by atoms with Gasteiger partial charge in [0, 0.05) is 37.3 Å². The van der Waals surface area contributed by atoms with Crippen LogP contribution in [-0.2, 0) is 0 Å². The number of hydrogen-bond donors (Lipinski definition) is 1. The molecule has 0 bridgehead atoms. The molecule has 2 fully saturated rings. The molecule has 2 saturated heterocycles. The lowest BCUT2D eigenvalue weighted by Crippen LogP contribution is -2.36. The van der Waals surface area contributed by atoms with Crippen molar-refractivity contribution in [2.24, 2.45) is 11.8 Å². The Kier molecular flexibility index (Phi) is 4.59. The van der Waals surface area contributed by atoms with E-state index in [0.717, 1.165) is 25.3 Å². The molecular formula is C22H24N4O. The molecule has 0 aromatic heterocycles. The number of rotatable bonds is 2. The summed E-state index contributed by atoms with van der Waals surface area (Å²) in [5, 5.41) is 11.9. The van der Waals surface area contributed by atoms with Gasteiger partial charge in [-0.15, -0.1) is 0 Å². The predicted octanol–water partition coefficient (Wildman–Crippen LogP) is 3.63. The fraction of sp³-hybridized carbons (Fsp3) is 0.364. The van der Waals surface area contributed by atoms with E-state index in [-0.39, 0.29) is 6.03 Å². The minimum Gasteiger partial charge on any atom is -0.324 e. The van der Waals surface area contributed by atoms with Gasteiger partial charge in [0.05, 0.1) is 11.6 Å². The fourth-order valence-electron chi connectivity index (χ4n) is 4.64. The van der Waals surface area contributed by atoms with Crippen molar-refractivity contribution in [1.29, 1.82) is 5.26 Å². The van der Waals surface area contributed by atoms with E-state index in [9.17, 15) is 4.79 Å². The van der Waals surface area contributed by atoms with E-state index in [1.807, 2.05) is 4.90 Å². The lowest BCUT2D eigenvalue weighted by Gasteiger charge is -2.28. The molecule has 5 heteroatoms. The highest BCUT2D eigenvalue weighted by Crippen LogP contribution is 2.44. The maximum Gasteiger partial charge on any atom is 0.321 e. The van der Waals surface area contributed by atoms with Crippen LogP contribution >= 0.6 is 0 Å². The van der Waals surface area contributed by atoms with Gasteiger partial charge in [-0.3, -0.25) is 4.90 Å². The van der Waals surface area contributed by atoms with Crippen molar-refractivity contribution in [2.75, 3.05) is 32.0 Å². The summed E-state index contributed by atoms with van der Waals surface area (Å²) in [6.07, 6.45) is 0. The topological polar surface area (TPSA) is 59.4 Å². The third-order valence-electron chi connectivity index (χ3n) is 5.95. The number of hydrogen-bond acceptors (Lipinski definition) is 3. The molecule has 0 spiro atoms. The first-order valence-corrected chi connectivity index (χ1v) is 9.38. The second kappa shape index (κ2) is 7.05. The molecule has 2 aliphatic rings. The second-order valence-corrected chi connectivity index (χ2v) is 7.69. The van der Waals surface area contributed by atoms with E-state index < -0.39 is 0 Å². The number of carbonyl (C=O) groups excluding carboxylic acids is 1. The number of likely N-dealkylation sites (tertiary alicyclic amines) is 2. The Labute approximate surface area is 160 Å². The molecule has 0 aliphatic carbocycles. The lowest BCUT2D eigenvalue weighted by molar-refractivity contribution is 0.205. The third kappa shape index (κ3) is 3.29. The summed E-state index contributed by atoms with van der Waals surface area (Å²) in [5.41, 5.74) is 4.01. The zero-order valence-electron chi connectivity index (χ0n) is 15.7. The van der Waals surface area contributed by atoms with Crippen molar-refractivity contribution in [2.45, 2.75) is 13.0 Å².